The summed E-state index contributed by atoms with van der Waals surface area (Å²) in [5, 5.41) is 14.4. The van der Waals surface area contributed by atoms with E-state index < -0.39 is 4.92 Å². The minimum atomic E-state index is -0.425. The maximum absolute atomic E-state index is 11.0. The molecule has 0 spiro atoms. The molecule has 0 fully saturated rings. The van der Waals surface area contributed by atoms with Gasteiger partial charge >= 0.3 is 5.69 Å². The lowest BCUT2D eigenvalue weighted by molar-refractivity contribution is -0.385. The third kappa shape index (κ3) is 3.83. The summed E-state index contributed by atoms with van der Waals surface area (Å²) in [5.74, 6) is 0.278. The molecular weight excluding hydrogens is 280 g/mol. The molecule has 2 rings (SSSR count). The first kappa shape index (κ1) is 16.0. The SMILES string of the molecule is COc1ccc(CNC(C)c2ccc(C)cc2)cc1[N+](=O)[O-]. The summed E-state index contributed by atoms with van der Waals surface area (Å²) >= 11 is 0. The zero-order valence-electron chi connectivity index (χ0n) is 13.0. The third-order valence-electron chi connectivity index (χ3n) is 3.63. The van der Waals surface area contributed by atoms with Gasteiger partial charge < -0.3 is 10.1 Å². The molecule has 0 aliphatic carbocycles. The maximum Gasteiger partial charge on any atom is 0.311 e. The van der Waals surface area contributed by atoms with Crippen LogP contribution in [-0.4, -0.2) is 12.0 Å². The molecule has 0 radical (unpaired) electrons. The van der Waals surface area contributed by atoms with Crippen LogP contribution in [0.5, 0.6) is 5.75 Å². The fraction of sp³-hybridized carbons (Fsp3) is 0.294. The number of nitrogens with one attached hydrogen (secondary N) is 1. The van der Waals surface area contributed by atoms with Crippen LogP contribution in [-0.2, 0) is 6.54 Å². The van der Waals surface area contributed by atoms with Gasteiger partial charge in [0, 0.05) is 18.7 Å². The van der Waals surface area contributed by atoms with E-state index in [0.29, 0.717) is 6.54 Å². The topological polar surface area (TPSA) is 64.4 Å². The van der Waals surface area contributed by atoms with E-state index in [4.69, 9.17) is 4.74 Å². The monoisotopic (exact) mass is 300 g/mol. The number of rotatable bonds is 6. The summed E-state index contributed by atoms with van der Waals surface area (Å²) in [7, 11) is 1.43. The van der Waals surface area contributed by atoms with Crippen LogP contribution in [0.4, 0.5) is 5.69 Å². The van der Waals surface area contributed by atoms with Gasteiger partial charge in [-0.3, -0.25) is 10.1 Å². The minimum Gasteiger partial charge on any atom is -0.490 e. The lowest BCUT2D eigenvalue weighted by Gasteiger charge is -2.15. The Morgan fingerprint density at radius 1 is 1.23 bits per heavy atom. The molecule has 1 N–H and O–H groups in total. The predicted molar refractivity (Wildman–Crippen MR) is 86.1 cm³/mol. The Kier molecular flexibility index (Phi) is 5.12. The first-order chi connectivity index (χ1) is 10.5. The average molecular weight is 300 g/mol. The predicted octanol–water partition coefficient (Wildman–Crippen LogP) is 3.76. The van der Waals surface area contributed by atoms with E-state index in [0.717, 1.165) is 5.56 Å². The van der Waals surface area contributed by atoms with E-state index in [1.807, 2.05) is 6.07 Å². The third-order valence-corrected chi connectivity index (χ3v) is 3.63. The van der Waals surface area contributed by atoms with Gasteiger partial charge in [0.1, 0.15) is 0 Å². The van der Waals surface area contributed by atoms with E-state index in [1.165, 1.54) is 18.2 Å². The molecule has 0 bridgehead atoms. The molecule has 0 amide bonds. The first-order valence-corrected chi connectivity index (χ1v) is 7.12. The minimum absolute atomic E-state index is 0.00945. The second-order valence-electron chi connectivity index (χ2n) is 5.28. The van der Waals surface area contributed by atoms with Crippen molar-refractivity contribution >= 4 is 5.69 Å². The van der Waals surface area contributed by atoms with Crippen LogP contribution in [0.1, 0.15) is 29.7 Å². The fourth-order valence-corrected chi connectivity index (χ4v) is 2.23. The first-order valence-electron chi connectivity index (χ1n) is 7.12. The van der Waals surface area contributed by atoms with Crippen molar-refractivity contribution < 1.29 is 9.66 Å². The van der Waals surface area contributed by atoms with Crippen molar-refractivity contribution in [3.05, 3.63) is 69.3 Å². The molecule has 22 heavy (non-hydrogen) atoms. The molecule has 0 aromatic heterocycles. The molecule has 2 aromatic rings. The number of nitrogens with zero attached hydrogens (tertiary/aromatic N) is 1. The van der Waals surface area contributed by atoms with E-state index >= 15 is 0 Å². The Labute approximate surface area is 130 Å². The van der Waals surface area contributed by atoms with Crippen molar-refractivity contribution in [2.45, 2.75) is 26.4 Å². The highest BCUT2D eigenvalue weighted by molar-refractivity contribution is 5.48. The molecule has 1 atom stereocenters. The van der Waals surface area contributed by atoms with Gasteiger partial charge in [-0.2, -0.15) is 0 Å². The molecule has 0 heterocycles. The number of benzene rings is 2. The molecule has 5 nitrogen and oxygen atoms in total. The van der Waals surface area contributed by atoms with Crippen LogP contribution in [0, 0.1) is 17.0 Å². The number of nitro groups is 1. The van der Waals surface area contributed by atoms with E-state index in [2.05, 4.69) is 43.4 Å². The normalized spacial score (nSPS) is 12.0. The highest BCUT2D eigenvalue weighted by atomic mass is 16.6. The molecular formula is C17H20N2O3. The summed E-state index contributed by atoms with van der Waals surface area (Å²) in [6.45, 7) is 4.68. The Balaban J connectivity index is 2.06. The number of hydrogen-bond acceptors (Lipinski definition) is 4. The Morgan fingerprint density at radius 2 is 1.91 bits per heavy atom. The number of ether oxygens (including phenoxy) is 1. The van der Waals surface area contributed by atoms with Crippen LogP contribution in [0.3, 0.4) is 0 Å². The summed E-state index contributed by atoms with van der Waals surface area (Å²) < 4.78 is 5.01. The largest absolute Gasteiger partial charge is 0.490 e. The van der Waals surface area contributed by atoms with Gasteiger partial charge in [-0.05, 0) is 31.0 Å². The van der Waals surface area contributed by atoms with Crippen LogP contribution >= 0.6 is 0 Å². The van der Waals surface area contributed by atoms with Crippen molar-refractivity contribution in [1.29, 1.82) is 0 Å². The van der Waals surface area contributed by atoms with E-state index in [9.17, 15) is 10.1 Å². The molecule has 1 unspecified atom stereocenters. The van der Waals surface area contributed by atoms with Gasteiger partial charge in [-0.25, -0.2) is 0 Å². The molecule has 0 aliphatic heterocycles. The standard InChI is InChI=1S/C17H20N2O3/c1-12-4-7-15(8-5-12)13(2)18-11-14-6-9-17(22-3)16(10-14)19(20)21/h4-10,13,18H,11H2,1-3H3. The Morgan fingerprint density at radius 3 is 2.50 bits per heavy atom. The second kappa shape index (κ2) is 7.04. The van der Waals surface area contributed by atoms with Crippen LogP contribution < -0.4 is 10.1 Å². The van der Waals surface area contributed by atoms with Crippen molar-refractivity contribution in [3.63, 3.8) is 0 Å². The van der Waals surface area contributed by atoms with Crippen molar-refractivity contribution in [3.8, 4) is 5.75 Å². The summed E-state index contributed by atoms with van der Waals surface area (Å²) in [6.07, 6.45) is 0. The van der Waals surface area contributed by atoms with Gasteiger partial charge in [0.25, 0.3) is 0 Å². The quantitative estimate of drug-likeness (QED) is 0.651. The maximum atomic E-state index is 11.0. The van der Waals surface area contributed by atoms with E-state index in [-0.39, 0.29) is 17.5 Å². The van der Waals surface area contributed by atoms with Crippen LogP contribution in [0.25, 0.3) is 0 Å². The molecule has 116 valence electrons. The van der Waals surface area contributed by atoms with Gasteiger partial charge in [0.2, 0.25) is 0 Å². The number of hydrogen-bond donors (Lipinski definition) is 1. The molecule has 5 heteroatoms. The number of methoxy groups -OCH3 is 1. The van der Waals surface area contributed by atoms with Crippen molar-refractivity contribution in [2.24, 2.45) is 0 Å². The zero-order valence-corrected chi connectivity index (χ0v) is 13.0. The highest BCUT2D eigenvalue weighted by Crippen LogP contribution is 2.27. The average Bonchev–Trinajstić information content (AvgIpc) is 2.53. The lowest BCUT2D eigenvalue weighted by Crippen LogP contribution is -2.18. The molecule has 0 saturated carbocycles. The molecule has 2 aromatic carbocycles. The number of nitro benzene ring substituents is 1. The molecule has 0 saturated heterocycles. The van der Waals surface area contributed by atoms with Gasteiger partial charge in [-0.1, -0.05) is 35.9 Å². The zero-order chi connectivity index (χ0) is 16.1. The molecule has 0 aliphatic rings. The van der Waals surface area contributed by atoms with Crippen molar-refractivity contribution in [2.75, 3.05) is 7.11 Å². The van der Waals surface area contributed by atoms with Gasteiger partial charge in [0.15, 0.2) is 5.75 Å². The fourth-order valence-electron chi connectivity index (χ4n) is 2.23. The Hall–Kier alpha value is -2.40. The van der Waals surface area contributed by atoms with E-state index in [1.54, 1.807) is 12.1 Å². The lowest BCUT2D eigenvalue weighted by atomic mass is 10.1. The number of aryl methyl sites for hydroxylation is 1. The highest BCUT2D eigenvalue weighted by Gasteiger charge is 2.15. The van der Waals surface area contributed by atoms with Gasteiger partial charge in [0.05, 0.1) is 12.0 Å². The summed E-state index contributed by atoms with van der Waals surface area (Å²) in [4.78, 5) is 10.6. The van der Waals surface area contributed by atoms with Crippen molar-refractivity contribution in [1.82, 2.24) is 5.32 Å². The summed E-state index contributed by atoms with van der Waals surface area (Å²) in [6, 6.07) is 13.5. The van der Waals surface area contributed by atoms with Gasteiger partial charge in [-0.15, -0.1) is 0 Å². The second-order valence-corrected chi connectivity index (χ2v) is 5.28. The van der Waals surface area contributed by atoms with Crippen LogP contribution in [0.15, 0.2) is 42.5 Å². The smallest absolute Gasteiger partial charge is 0.311 e. The van der Waals surface area contributed by atoms with Crippen LogP contribution in [0.2, 0.25) is 0 Å². The summed E-state index contributed by atoms with van der Waals surface area (Å²) in [5.41, 5.74) is 3.26. The Bertz CT molecular complexity index is 653.